The van der Waals surface area contributed by atoms with Crippen LogP contribution in [0.15, 0.2) is 0 Å². The second-order valence-electron chi connectivity index (χ2n) is 7.90. The van der Waals surface area contributed by atoms with Gasteiger partial charge < -0.3 is 10.2 Å². The lowest BCUT2D eigenvalue weighted by Gasteiger charge is -2.38. The van der Waals surface area contributed by atoms with Gasteiger partial charge in [-0.05, 0) is 64.1 Å². The number of hydrogen-bond donors (Lipinski definition) is 1. The summed E-state index contributed by atoms with van der Waals surface area (Å²) in [7, 11) is 2.34. The third kappa shape index (κ3) is 7.64. The van der Waals surface area contributed by atoms with E-state index in [2.05, 4.69) is 45.0 Å². The van der Waals surface area contributed by atoms with E-state index in [4.69, 9.17) is 0 Å². The Labute approximate surface area is 127 Å². The van der Waals surface area contributed by atoms with Crippen LogP contribution in [0.2, 0.25) is 0 Å². The molecule has 0 aliphatic heterocycles. The molecule has 0 atom stereocenters. The summed E-state index contributed by atoms with van der Waals surface area (Å²) in [6, 6.07) is 1.49. The van der Waals surface area contributed by atoms with Crippen molar-refractivity contribution in [1.29, 1.82) is 0 Å². The highest BCUT2D eigenvalue weighted by molar-refractivity contribution is 4.82. The molecule has 0 aromatic heterocycles. The van der Waals surface area contributed by atoms with Crippen molar-refractivity contribution in [2.24, 2.45) is 5.41 Å². The molecule has 1 rings (SSSR count). The molecule has 0 spiro atoms. The fourth-order valence-corrected chi connectivity index (χ4v) is 3.24. The number of unbranched alkanes of at least 4 members (excludes halogenated alkanes) is 3. The van der Waals surface area contributed by atoms with Crippen LogP contribution >= 0.6 is 0 Å². The van der Waals surface area contributed by atoms with E-state index >= 15 is 0 Å². The van der Waals surface area contributed by atoms with Crippen LogP contribution in [0.4, 0.5) is 0 Å². The summed E-state index contributed by atoms with van der Waals surface area (Å²) >= 11 is 0. The zero-order chi connectivity index (χ0) is 15.0. The molecule has 0 heterocycles. The van der Waals surface area contributed by atoms with Crippen molar-refractivity contribution in [3.05, 3.63) is 0 Å². The van der Waals surface area contributed by atoms with Crippen molar-refractivity contribution in [2.45, 2.75) is 91.1 Å². The van der Waals surface area contributed by atoms with Gasteiger partial charge in [0.1, 0.15) is 0 Å². The van der Waals surface area contributed by atoms with E-state index in [0.29, 0.717) is 11.5 Å². The van der Waals surface area contributed by atoms with Gasteiger partial charge >= 0.3 is 0 Å². The summed E-state index contributed by atoms with van der Waals surface area (Å²) < 4.78 is 0. The maximum Gasteiger partial charge on any atom is 0.00926 e. The smallest absolute Gasteiger partial charge is 0.00926 e. The van der Waals surface area contributed by atoms with Gasteiger partial charge in [-0.3, -0.25) is 0 Å². The highest BCUT2D eigenvalue weighted by Gasteiger charge is 2.28. The average Bonchev–Trinajstić information content (AvgIpc) is 2.37. The van der Waals surface area contributed by atoms with Crippen molar-refractivity contribution in [1.82, 2.24) is 10.2 Å². The lowest BCUT2D eigenvalue weighted by atomic mass is 9.75. The first kappa shape index (κ1) is 18.0. The Kier molecular flexibility index (Phi) is 8.13. The van der Waals surface area contributed by atoms with Crippen molar-refractivity contribution in [3.63, 3.8) is 0 Å². The zero-order valence-corrected chi connectivity index (χ0v) is 14.7. The van der Waals surface area contributed by atoms with Crippen LogP contribution in [0, 0.1) is 5.41 Å². The highest BCUT2D eigenvalue weighted by atomic mass is 15.1. The fourth-order valence-electron chi connectivity index (χ4n) is 3.24. The SMILES string of the molecule is CC(C)NCCCCCCN(C)C1CCC(C)(C)CC1. The second-order valence-corrected chi connectivity index (χ2v) is 7.90. The van der Waals surface area contributed by atoms with Gasteiger partial charge in [0.2, 0.25) is 0 Å². The van der Waals surface area contributed by atoms with E-state index < -0.39 is 0 Å². The summed E-state index contributed by atoms with van der Waals surface area (Å²) in [6.07, 6.45) is 11.1. The summed E-state index contributed by atoms with van der Waals surface area (Å²) in [5, 5.41) is 3.49. The van der Waals surface area contributed by atoms with E-state index in [0.717, 1.165) is 6.04 Å². The van der Waals surface area contributed by atoms with E-state index in [1.165, 1.54) is 64.5 Å². The van der Waals surface area contributed by atoms with Crippen LogP contribution in [0.3, 0.4) is 0 Å². The van der Waals surface area contributed by atoms with Gasteiger partial charge in [0.05, 0.1) is 0 Å². The molecule has 0 amide bonds. The minimum Gasteiger partial charge on any atom is -0.315 e. The minimum atomic E-state index is 0.598. The monoisotopic (exact) mass is 282 g/mol. The molecule has 0 bridgehead atoms. The first-order chi connectivity index (χ1) is 9.41. The van der Waals surface area contributed by atoms with Gasteiger partial charge in [-0.15, -0.1) is 0 Å². The molecule has 0 aromatic rings. The van der Waals surface area contributed by atoms with Crippen molar-refractivity contribution < 1.29 is 0 Å². The zero-order valence-electron chi connectivity index (χ0n) is 14.7. The van der Waals surface area contributed by atoms with Gasteiger partial charge in [-0.25, -0.2) is 0 Å². The highest BCUT2D eigenvalue weighted by Crippen LogP contribution is 2.36. The minimum absolute atomic E-state index is 0.598. The third-order valence-corrected chi connectivity index (χ3v) is 4.92. The van der Waals surface area contributed by atoms with Crippen LogP contribution in [0.1, 0.15) is 79.1 Å². The largest absolute Gasteiger partial charge is 0.315 e. The van der Waals surface area contributed by atoms with Crippen molar-refractivity contribution in [3.8, 4) is 0 Å². The Morgan fingerprint density at radius 2 is 1.65 bits per heavy atom. The molecule has 0 saturated heterocycles. The maximum atomic E-state index is 3.49. The van der Waals surface area contributed by atoms with E-state index in [9.17, 15) is 0 Å². The summed E-state index contributed by atoms with van der Waals surface area (Å²) in [4.78, 5) is 2.63. The number of nitrogens with zero attached hydrogens (tertiary/aromatic N) is 1. The molecule has 20 heavy (non-hydrogen) atoms. The quantitative estimate of drug-likeness (QED) is 0.629. The average molecular weight is 283 g/mol. The van der Waals surface area contributed by atoms with Crippen LogP contribution in [-0.2, 0) is 0 Å². The Balaban J connectivity index is 1.99. The molecule has 1 aliphatic carbocycles. The molecular formula is C18H38N2. The molecule has 120 valence electrons. The van der Waals surface area contributed by atoms with Crippen LogP contribution < -0.4 is 5.32 Å². The first-order valence-corrected chi connectivity index (χ1v) is 8.84. The Hall–Kier alpha value is -0.0800. The standard InChI is InChI=1S/C18H38N2/c1-16(2)19-14-8-6-7-9-15-20(5)17-10-12-18(3,4)13-11-17/h16-17,19H,6-15H2,1-5H3. The Morgan fingerprint density at radius 3 is 2.25 bits per heavy atom. The van der Waals surface area contributed by atoms with Gasteiger partial charge in [0, 0.05) is 12.1 Å². The normalized spacial score (nSPS) is 19.9. The van der Waals surface area contributed by atoms with Crippen LogP contribution in [0.5, 0.6) is 0 Å². The van der Waals surface area contributed by atoms with Gasteiger partial charge in [-0.1, -0.05) is 40.5 Å². The van der Waals surface area contributed by atoms with Crippen LogP contribution in [-0.4, -0.2) is 37.1 Å². The number of rotatable bonds is 9. The van der Waals surface area contributed by atoms with E-state index in [-0.39, 0.29) is 0 Å². The lowest BCUT2D eigenvalue weighted by molar-refractivity contribution is 0.126. The second kappa shape index (κ2) is 9.04. The fraction of sp³-hybridized carbons (Fsp3) is 1.00. The predicted molar refractivity (Wildman–Crippen MR) is 90.3 cm³/mol. The molecule has 0 unspecified atom stereocenters. The number of hydrogen-bond acceptors (Lipinski definition) is 2. The van der Waals surface area contributed by atoms with Gasteiger partial charge in [-0.2, -0.15) is 0 Å². The molecule has 0 aromatic carbocycles. The summed E-state index contributed by atoms with van der Waals surface area (Å²) in [6.45, 7) is 11.8. The molecule has 1 N–H and O–H groups in total. The molecule has 1 aliphatic rings. The van der Waals surface area contributed by atoms with Crippen LogP contribution in [0.25, 0.3) is 0 Å². The molecule has 2 nitrogen and oxygen atoms in total. The molecule has 1 saturated carbocycles. The Bertz CT molecular complexity index is 238. The third-order valence-electron chi connectivity index (χ3n) is 4.92. The lowest BCUT2D eigenvalue weighted by Crippen LogP contribution is -2.37. The topological polar surface area (TPSA) is 15.3 Å². The molecular weight excluding hydrogens is 244 g/mol. The molecule has 0 radical (unpaired) electrons. The summed E-state index contributed by atoms with van der Waals surface area (Å²) in [5.41, 5.74) is 0.598. The molecule has 2 heteroatoms. The van der Waals surface area contributed by atoms with Crippen molar-refractivity contribution in [2.75, 3.05) is 20.1 Å². The first-order valence-electron chi connectivity index (χ1n) is 8.84. The molecule has 1 fully saturated rings. The van der Waals surface area contributed by atoms with Gasteiger partial charge in [0.15, 0.2) is 0 Å². The summed E-state index contributed by atoms with van der Waals surface area (Å²) in [5.74, 6) is 0. The predicted octanol–water partition coefficient (Wildman–Crippen LogP) is 4.45. The maximum absolute atomic E-state index is 3.49. The van der Waals surface area contributed by atoms with Gasteiger partial charge in [0.25, 0.3) is 0 Å². The van der Waals surface area contributed by atoms with Crippen molar-refractivity contribution >= 4 is 0 Å². The van der Waals surface area contributed by atoms with E-state index in [1.54, 1.807) is 0 Å². The Morgan fingerprint density at radius 1 is 1.05 bits per heavy atom. The number of nitrogens with one attached hydrogen (secondary N) is 1. The van der Waals surface area contributed by atoms with E-state index in [1.807, 2.05) is 0 Å².